The quantitative estimate of drug-likeness (QED) is 0.599. The molecular weight excluding hydrogens is 400 g/mol. The van der Waals surface area contributed by atoms with Crippen molar-refractivity contribution in [3.63, 3.8) is 0 Å². The second kappa shape index (κ2) is 9.55. The van der Waals surface area contributed by atoms with Crippen molar-refractivity contribution < 1.29 is 9.21 Å². The van der Waals surface area contributed by atoms with Gasteiger partial charge in [0.2, 0.25) is 5.91 Å². The Morgan fingerprint density at radius 1 is 0.938 bits per heavy atom. The van der Waals surface area contributed by atoms with Crippen molar-refractivity contribution >= 4 is 11.7 Å². The largest absolute Gasteiger partial charge is 0.463 e. The van der Waals surface area contributed by atoms with Gasteiger partial charge < -0.3 is 14.2 Å². The fourth-order valence-electron chi connectivity index (χ4n) is 5.00. The zero-order valence-electron chi connectivity index (χ0n) is 18.4. The minimum absolute atomic E-state index is 0.0426. The van der Waals surface area contributed by atoms with Crippen LogP contribution in [0.3, 0.4) is 0 Å². The number of aromatic nitrogens is 2. The Bertz CT molecular complexity index is 996. The topological polar surface area (TPSA) is 62.5 Å². The Morgan fingerprint density at radius 2 is 1.78 bits per heavy atom. The molecule has 1 aromatic carbocycles. The molecule has 0 spiro atoms. The molecule has 0 radical (unpaired) electrons. The average Bonchev–Trinajstić information content (AvgIpc) is 3.40. The second-order valence-corrected chi connectivity index (χ2v) is 9.00. The van der Waals surface area contributed by atoms with Crippen LogP contribution in [-0.4, -0.2) is 47.2 Å². The van der Waals surface area contributed by atoms with Crippen LogP contribution in [0.5, 0.6) is 0 Å². The van der Waals surface area contributed by atoms with Crippen molar-refractivity contribution in [2.75, 3.05) is 31.1 Å². The van der Waals surface area contributed by atoms with E-state index in [0.717, 1.165) is 69.8 Å². The van der Waals surface area contributed by atoms with E-state index in [1.54, 1.807) is 6.26 Å². The Balaban J connectivity index is 1.15. The molecule has 0 N–H and O–H groups in total. The van der Waals surface area contributed by atoms with Crippen molar-refractivity contribution in [2.45, 2.75) is 32.1 Å². The molecule has 2 aliphatic rings. The second-order valence-electron chi connectivity index (χ2n) is 9.00. The molecule has 6 nitrogen and oxygen atoms in total. The summed E-state index contributed by atoms with van der Waals surface area (Å²) in [6, 6.07) is 18.3. The summed E-state index contributed by atoms with van der Waals surface area (Å²) in [5.41, 5.74) is 2.13. The highest BCUT2D eigenvalue weighted by Gasteiger charge is 2.32. The predicted octanol–water partition coefficient (Wildman–Crippen LogP) is 4.43. The van der Waals surface area contributed by atoms with Gasteiger partial charge in [-0.3, -0.25) is 4.79 Å². The van der Waals surface area contributed by atoms with E-state index < -0.39 is 0 Å². The number of amides is 1. The molecular formula is C26H30N4O2. The summed E-state index contributed by atoms with van der Waals surface area (Å²) >= 11 is 0. The lowest BCUT2D eigenvalue weighted by molar-refractivity contribution is -0.137. The summed E-state index contributed by atoms with van der Waals surface area (Å²) in [6.07, 6.45) is 6.90. The molecule has 32 heavy (non-hydrogen) atoms. The van der Waals surface area contributed by atoms with Crippen molar-refractivity contribution in [2.24, 2.45) is 11.8 Å². The molecule has 6 heteroatoms. The lowest BCUT2D eigenvalue weighted by atomic mass is 9.89. The van der Waals surface area contributed by atoms with Crippen LogP contribution in [-0.2, 0) is 11.2 Å². The highest BCUT2D eigenvalue weighted by molar-refractivity contribution is 5.80. The fourth-order valence-corrected chi connectivity index (χ4v) is 5.00. The zero-order valence-corrected chi connectivity index (χ0v) is 18.4. The van der Waals surface area contributed by atoms with Gasteiger partial charge in [-0.25, -0.2) is 0 Å². The molecule has 2 saturated heterocycles. The zero-order chi connectivity index (χ0) is 21.8. The smallest absolute Gasteiger partial charge is 0.227 e. The third-order valence-corrected chi connectivity index (χ3v) is 6.81. The van der Waals surface area contributed by atoms with Gasteiger partial charge in [0, 0.05) is 26.2 Å². The molecule has 5 rings (SSSR count). The number of benzene rings is 1. The lowest BCUT2D eigenvalue weighted by Crippen LogP contribution is -2.47. The molecule has 166 valence electrons. The van der Waals surface area contributed by atoms with Crippen LogP contribution >= 0.6 is 0 Å². The van der Waals surface area contributed by atoms with Crippen molar-refractivity contribution in [3.8, 4) is 11.5 Å². The number of piperidine rings is 2. The summed E-state index contributed by atoms with van der Waals surface area (Å²) in [5.74, 6) is 2.58. The van der Waals surface area contributed by atoms with Crippen LogP contribution in [0, 0.1) is 11.8 Å². The molecule has 1 amide bonds. The highest BCUT2D eigenvalue weighted by Crippen LogP contribution is 2.27. The third kappa shape index (κ3) is 4.69. The Hall–Kier alpha value is -3.15. The monoisotopic (exact) mass is 430 g/mol. The number of furan rings is 1. The van der Waals surface area contributed by atoms with Gasteiger partial charge in [0.05, 0.1) is 12.2 Å². The van der Waals surface area contributed by atoms with Crippen LogP contribution in [0.15, 0.2) is 65.3 Å². The maximum absolute atomic E-state index is 13.3. The van der Waals surface area contributed by atoms with E-state index in [1.165, 1.54) is 5.56 Å². The third-order valence-electron chi connectivity index (χ3n) is 6.81. The first-order valence-electron chi connectivity index (χ1n) is 11.7. The Morgan fingerprint density at radius 3 is 2.50 bits per heavy atom. The van der Waals surface area contributed by atoms with E-state index in [0.29, 0.717) is 17.6 Å². The summed E-state index contributed by atoms with van der Waals surface area (Å²) in [7, 11) is 0. The molecule has 0 saturated carbocycles. The summed E-state index contributed by atoms with van der Waals surface area (Å²) in [4.78, 5) is 17.6. The molecule has 2 aliphatic heterocycles. The van der Waals surface area contributed by atoms with Crippen LogP contribution in [0.4, 0.5) is 5.82 Å². The van der Waals surface area contributed by atoms with Crippen LogP contribution in [0.25, 0.3) is 11.5 Å². The summed E-state index contributed by atoms with van der Waals surface area (Å²) in [5, 5.41) is 8.72. The predicted molar refractivity (Wildman–Crippen MR) is 124 cm³/mol. The molecule has 0 bridgehead atoms. The van der Waals surface area contributed by atoms with Gasteiger partial charge >= 0.3 is 0 Å². The fraction of sp³-hybridized carbons (Fsp3) is 0.423. The Labute approximate surface area is 189 Å². The minimum atomic E-state index is 0.0426. The summed E-state index contributed by atoms with van der Waals surface area (Å²) < 4.78 is 5.39. The van der Waals surface area contributed by atoms with Gasteiger partial charge in [-0.2, -0.15) is 0 Å². The van der Waals surface area contributed by atoms with Gasteiger partial charge in [-0.05, 0) is 67.9 Å². The molecule has 2 aromatic heterocycles. The molecule has 1 unspecified atom stereocenters. The number of nitrogens with zero attached hydrogens (tertiary/aromatic N) is 4. The van der Waals surface area contributed by atoms with Crippen molar-refractivity contribution in [1.29, 1.82) is 0 Å². The maximum Gasteiger partial charge on any atom is 0.227 e. The van der Waals surface area contributed by atoms with E-state index in [-0.39, 0.29) is 5.92 Å². The normalized spacial score (nSPS) is 19.8. The number of carbonyl (C=O) groups is 1. The molecule has 2 fully saturated rings. The highest BCUT2D eigenvalue weighted by atomic mass is 16.3. The number of hydrogen-bond acceptors (Lipinski definition) is 5. The molecule has 4 heterocycles. The first-order valence-corrected chi connectivity index (χ1v) is 11.7. The summed E-state index contributed by atoms with van der Waals surface area (Å²) in [6.45, 7) is 3.39. The molecule has 1 atom stereocenters. The lowest BCUT2D eigenvalue weighted by Gasteiger charge is -2.38. The Kier molecular flexibility index (Phi) is 6.19. The van der Waals surface area contributed by atoms with Gasteiger partial charge in [0.25, 0.3) is 0 Å². The number of anilines is 1. The van der Waals surface area contributed by atoms with Gasteiger partial charge in [-0.1, -0.05) is 30.3 Å². The number of hydrogen-bond donors (Lipinski definition) is 0. The van der Waals surface area contributed by atoms with E-state index in [9.17, 15) is 4.79 Å². The maximum atomic E-state index is 13.3. The van der Waals surface area contributed by atoms with Gasteiger partial charge in [0.15, 0.2) is 11.6 Å². The first kappa shape index (κ1) is 20.7. The van der Waals surface area contributed by atoms with Gasteiger partial charge in [0.1, 0.15) is 5.69 Å². The van der Waals surface area contributed by atoms with Crippen molar-refractivity contribution in [3.05, 3.63) is 66.4 Å². The van der Waals surface area contributed by atoms with E-state index >= 15 is 0 Å². The minimum Gasteiger partial charge on any atom is -0.463 e. The van der Waals surface area contributed by atoms with E-state index in [2.05, 4.69) is 50.3 Å². The SMILES string of the molecule is O=C(C1CCCN(c2ccc(-c3ccco3)nn2)C1)N1CCC(Cc2ccccc2)CC1. The number of carbonyl (C=O) groups excluding carboxylic acids is 1. The molecule has 3 aromatic rings. The van der Waals surface area contributed by atoms with Gasteiger partial charge in [-0.15, -0.1) is 10.2 Å². The van der Waals surface area contributed by atoms with Crippen LogP contribution in [0.1, 0.15) is 31.2 Å². The van der Waals surface area contributed by atoms with Crippen LogP contribution < -0.4 is 4.90 Å². The van der Waals surface area contributed by atoms with Crippen LogP contribution in [0.2, 0.25) is 0 Å². The number of rotatable bonds is 5. The molecule has 0 aliphatic carbocycles. The first-order chi connectivity index (χ1) is 15.8. The van der Waals surface area contributed by atoms with E-state index in [1.807, 2.05) is 24.3 Å². The average molecular weight is 431 g/mol. The van der Waals surface area contributed by atoms with Crippen molar-refractivity contribution in [1.82, 2.24) is 15.1 Å². The van der Waals surface area contributed by atoms with E-state index in [4.69, 9.17) is 4.42 Å². The standard InChI is InChI=1S/C26H30N4O2/c31-26(29-15-12-21(13-16-29)18-20-6-2-1-3-7-20)22-8-4-14-30(19-22)25-11-10-23(27-28-25)24-9-5-17-32-24/h1-3,5-7,9-11,17,21-22H,4,8,12-16,18-19H2. The number of likely N-dealkylation sites (tertiary alicyclic amines) is 1.